The number of ether oxygens (including phenoxy) is 1. The number of fused-ring (bicyclic) bond motifs is 1. The largest absolute Gasteiger partial charge is 0.478 e. The molecule has 1 N–H and O–H groups in total. The average molecular weight is 275 g/mol. The maximum absolute atomic E-state index is 11.7. The molecule has 0 aliphatic heterocycles. The Bertz CT molecular complexity index is 630. The molecule has 0 aliphatic carbocycles. The molecule has 0 saturated carbocycles. The zero-order valence-corrected chi connectivity index (χ0v) is 11.3. The first kappa shape index (κ1) is 14.1. The average Bonchev–Trinajstić information content (AvgIpc) is 2.81. The van der Waals surface area contributed by atoms with E-state index in [4.69, 9.17) is 9.84 Å². The number of carbonyl (C=O) groups is 2. The number of aromatic carboxylic acids is 1. The number of hydrogen-bond acceptors (Lipinski definition) is 3. The maximum Gasteiger partial charge on any atom is 0.335 e. The molecule has 106 valence electrons. The van der Waals surface area contributed by atoms with E-state index in [9.17, 15) is 9.59 Å². The van der Waals surface area contributed by atoms with E-state index in [1.165, 1.54) is 0 Å². The second-order valence-electron chi connectivity index (χ2n) is 4.60. The Morgan fingerprint density at radius 1 is 1.30 bits per heavy atom. The van der Waals surface area contributed by atoms with Crippen molar-refractivity contribution in [1.82, 2.24) is 4.57 Å². The van der Waals surface area contributed by atoms with E-state index in [1.807, 2.05) is 13.0 Å². The number of unbranched alkanes of at least 4 members (excludes halogenated alkanes) is 1. The number of nitrogens with zero attached hydrogens (tertiary/aromatic N) is 1. The Morgan fingerprint density at radius 2 is 2.10 bits per heavy atom. The third kappa shape index (κ3) is 3.17. The minimum absolute atomic E-state index is 0.0935. The fraction of sp³-hybridized carbons (Fsp3) is 0.333. The molecule has 2 aromatic rings. The molecule has 0 fully saturated rings. The summed E-state index contributed by atoms with van der Waals surface area (Å²) in [5.41, 5.74) is 0.925. The van der Waals surface area contributed by atoms with Gasteiger partial charge in [0, 0.05) is 11.7 Å². The molecule has 0 radical (unpaired) electrons. The van der Waals surface area contributed by atoms with Crippen LogP contribution in [0.4, 0.5) is 0 Å². The van der Waals surface area contributed by atoms with E-state index in [-0.39, 0.29) is 18.1 Å². The van der Waals surface area contributed by atoms with E-state index in [0.29, 0.717) is 6.61 Å². The van der Waals surface area contributed by atoms with Crippen LogP contribution >= 0.6 is 0 Å². The predicted molar refractivity (Wildman–Crippen MR) is 74.8 cm³/mol. The standard InChI is InChI=1S/C15H17NO4/c1-2-3-8-20-14(17)10-16-7-6-11-4-5-12(15(18)19)9-13(11)16/h4-7,9H,2-3,8,10H2,1H3,(H,18,19). The van der Waals surface area contributed by atoms with Crippen LogP contribution in [0.5, 0.6) is 0 Å². The number of benzene rings is 1. The molecule has 0 saturated heterocycles. The Kier molecular flexibility index (Phi) is 4.40. The van der Waals surface area contributed by atoms with Crippen molar-refractivity contribution in [3.8, 4) is 0 Å². The maximum atomic E-state index is 11.7. The highest BCUT2D eigenvalue weighted by Gasteiger charge is 2.10. The molecule has 0 aliphatic rings. The van der Waals surface area contributed by atoms with Gasteiger partial charge in [-0.1, -0.05) is 19.4 Å². The van der Waals surface area contributed by atoms with Crippen molar-refractivity contribution in [2.45, 2.75) is 26.3 Å². The molecule has 1 aromatic heterocycles. The van der Waals surface area contributed by atoms with E-state index < -0.39 is 5.97 Å². The van der Waals surface area contributed by atoms with Crippen LogP contribution in [0.1, 0.15) is 30.1 Å². The summed E-state index contributed by atoms with van der Waals surface area (Å²) in [6, 6.07) is 6.70. The van der Waals surface area contributed by atoms with Crippen molar-refractivity contribution in [2.24, 2.45) is 0 Å². The van der Waals surface area contributed by atoms with E-state index in [0.717, 1.165) is 23.7 Å². The van der Waals surface area contributed by atoms with E-state index in [1.54, 1.807) is 29.0 Å². The molecule has 5 nitrogen and oxygen atoms in total. The fourth-order valence-corrected chi connectivity index (χ4v) is 1.97. The second-order valence-corrected chi connectivity index (χ2v) is 4.60. The summed E-state index contributed by atoms with van der Waals surface area (Å²) in [5, 5.41) is 9.90. The van der Waals surface area contributed by atoms with Gasteiger partial charge in [-0.2, -0.15) is 0 Å². The summed E-state index contributed by atoms with van der Waals surface area (Å²) >= 11 is 0. The van der Waals surface area contributed by atoms with Gasteiger partial charge in [0.25, 0.3) is 0 Å². The van der Waals surface area contributed by atoms with E-state index in [2.05, 4.69) is 0 Å². The number of carbonyl (C=O) groups excluding carboxylic acids is 1. The van der Waals surface area contributed by atoms with Crippen LogP contribution < -0.4 is 0 Å². The summed E-state index contributed by atoms with van der Waals surface area (Å²) in [7, 11) is 0. The zero-order chi connectivity index (χ0) is 14.5. The summed E-state index contributed by atoms with van der Waals surface area (Å²) in [4.78, 5) is 22.7. The molecule has 0 unspecified atom stereocenters. The molecule has 0 bridgehead atoms. The van der Waals surface area contributed by atoms with Crippen LogP contribution in [0, 0.1) is 0 Å². The van der Waals surface area contributed by atoms with Crippen molar-refractivity contribution >= 4 is 22.8 Å². The third-order valence-electron chi connectivity index (χ3n) is 3.08. The van der Waals surface area contributed by atoms with Crippen molar-refractivity contribution in [2.75, 3.05) is 6.61 Å². The molecule has 2 rings (SSSR count). The van der Waals surface area contributed by atoms with Crippen molar-refractivity contribution in [3.05, 3.63) is 36.0 Å². The monoisotopic (exact) mass is 275 g/mol. The van der Waals surface area contributed by atoms with Crippen LogP contribution in [0.3, 0.4) is 0 Å². The smallest absolute Gasteiger partial charge is 0.335 e. The lowest BCUT2D eigenvalue weighted by molar-refractivity contribution is -0.144. The summed E-state index contributed by atoms with van der Waals surface area (Å²) in [6.07, 6.45) is 3.58. The lowest BCUT2D eigenvalue weighted by atomic mass is 10.2. The molecule has 5 heteroatoms. The highest BCUT2D eigenvalue weighted by molar-refractivity contribution is 5.93. The molecule has 1 aromatic carbocycles. The number of esters is 1. The molecular weight excluding hydrogens is 258 g/mol. The first-order chi connectivity index (χ1) is 9.61. The second kappa shape index (κ2) is 6.23. The summed E-state index contributed by atoms with van der Waals surface area (Å²) < 4.78 is 6.81. The van der Waals surface area contributed by atoms with Crippen LogP contribution in [-0.4, -0.2) is 28.2 Å². The van der Waals surface area contributed by atoms with Gasteiger partial charge >= 0.3 is 11.9 Å². The predicted octanol–water partition coefficient (Wildman–Crippen LogP) is 2.68. The number of carboxylic acids is 1. The van der Waals surface area contributed by atoms with Gasteiger partial charge in [-0.15, -0.1) is 0 Å². The highest BCUT2D eigenvalue weighted by atomic mass is 16.5. The zero-order valence-electron chi connectivity index (χ0n) is 11.3. The van der Waals surface area contributed by atoms with Gasteiger partial charge in [-0.05, 0) is 30.0 Å². The molecular formula is C15H17NO4. The Morgan fingerprint density at radius 3 is 2.80 bits per heavy atom. The van der Waals surface area contributed by atoms with Gasteiger partial charge in [-0.3, -0.25) is 4.79 Å². The van der Waals surface area contributed by atoms with Crippen LogP contribution in [-0.2, 0) is 16.1 Å². The van der Waals surface area contributed by atoms with Gasteiger partial charge < -0.3 is 14.4 Å². The van der Waals surface area contributed by atoms with Gasteiger partial charge in [0.1, 0.15) is 6.54 Å². The third-order valence-corrected chi connectivity index (χ3v) is 3.08. The lowest BCUT2D eigenvalue weighted by Gasteiger charge is -2.06. The van der Waals surface area contributed by atoms with Crippen molar-refractivity contribution in [3.63, 3.8) is 0 Å². The van der Waals surface area contributed by atoms with Crippen LogP contribution in [0.15, 0.2) is 30.5 Å². The summed E-state index contributed by atoms with van der Waals surface area (Å²) in [6.45, 7) is 2.55. The van der Waals surface area contributed by atoms with Crippen molar-refractivity contribution < 1.29 is 19.4 Å². The normalized spacial score (nSPS) is 10.7. The van der Waals surface area contributed by atoms with Crippen LogP contribution in [0.2, 0.25) is 0 Å². The lowest BCUT2D eigenvalue weighted by Crippen LogP contribution is -2.13. The molecule has 1 heterocycles. The van der Waals surface area contributed by atoms with Gasteiger partial charge in [0.15, 0.2) is 0 Å². The Balaban J connectivity index is 2.15. The Hall–Kier alpha value is -2.30. The number of rotatable bonds is 6. The minimum Gasteiger partial charge on any atom is -0.478 e. The van der Waals surface area contributed by atoms with Gasteiger partial charge in [0.2, 0.25) is 0 Å². The van der Waals surface area contributed by atoms with Gasteiger partial charge in [0.05, 0.1) is 12.2 Å². The van der Waals surface area contributed by atoms with Crippen LogP contribution in [0.25, 0.3) is 10.9 Å². The fourth-order valence-electron chi connectivity index (χ4n) is 1.97. The molecule has 0 spiro atoms. The SMILES string of the molecule is CCCCOC(=O)Cn1ccc2ccc(C(=O)O)cc21. The first-order valence-electron chi connectivity index (χ1n) is 6.59. The van der Waals surface area contributed by atoms with E-state index >= 15 is 0 Å². The van der Waals surface area contributed by atoms with Crippen molar-refractivity contribution in [1.29, 1.82) is 0 Å². The topological polar surface area (TPSA) is 68.5 Å². The highest BCUT2D eigenvalue weighted by Crippen LogP contribution is 2.18. The number of carboxylic acid groups (broad SMARTS) is 1. The first-order valence-corrected chi connectivity index (χ1v) is 6.59. The number of aromatic nitrogens is 1. The quantitative estimate of drug-likeness (QED) is 0.650. The summed E-state index contributed by atoms with van der Waals surface area (Å²) in [5.74, 6) is -1.29. The van der Waals surface area contributed by atoms with Gasteiger partial charge in [-0.25, -0.2) is 4.79 Å². The Labute approximate surface area is 116 Å². The number of hydrogen-bond donors (Lipinski definition) is 1. The molecule has 20 heavy (non-hydrogen) atoms. The minimum atomic E-state index is -0.981. The molecule has 0 amide bonds. The molecule has 0 atom stereocenters.